The van der Waals surface area contributed by atoms with E-state index in [-0.39, 0.29) is 17.2 Å². The molecule has 0 spiro atoms. The maximum Gasteiger partial charge on any atom is 0.241 e. The van der Waals surface area contributed by atoms with Gasteiger partial charge in [-0.3, -0.25) is 4.79 Å². The molecule has 0 aliphatic rings. The van der Waals surface area contributed by atoms with Gasteiger partial charge in [-0.25, -0.2) is 8.42 Å². The molecule has 0 saturated carbocycles. The van der Waals surface area contributed by atoms with Crippen LogP contribution in [0, 0.1) is 0 Å². The third-order valence-corrected chi connectivity index (χ3v) is 5.73. The second kappa shape index (κ2) is 11.2. The molecule has 0 aromatic heterocycles. The Bertz CT molecular complexity index is 842. The van der Waals surface area contributed by atoms with E-state index in [0.717, 1.165) is 5.56 Å². The first-order valence-electron chi connectivity index (χ1n) is 9.09. The summed E-state index contributed by atoms with van der Waals surface area (Å²) in [5.41, 5.74) is 0.857. The second-order valence-electron chi connectivity index (χ2n) is 6.16. The predicted octanol–water partition coefficient (Wildman–Crippen LogP) is 2.77. The van der Waals surface area contributed by atoms with Crippen molar-refractivity contribution < 1.29 is 17.9 Å². The SMILES string of the molecule is CCOCCCNC(=O)[C@H](Cc1ccccc1)NS(=O)(=O)c1ccc(Cl)cc1. The molecule has 2 N–H and O–H groups in total. The van der Waals surface area contributed by atoms with Gasteiger partial charge in [0.05, 0.1) is 4.90 Å². The van der Waals surface area contributed by atoms with E-state index in [1.807, 2.05) is 37.3 Å². The Labute approximate surface area is 171 Å². The molecule has 2 rings (SSSR count). The summed E-state index contributed by atoms with van der Waals surface area (Å²) in [6.45, 7) is 3.47. The zero-order chi connectivity index (χ0) is 20.4. The predicted molar refractivity (Wildman–Crippen MR) is 110 cm³/mol. The highest BCUT2D eigenvalue weighted by atomic mass is 35.5. The monoisotopic (exact) mass is 424 g/mol. The Morgan fingerprint density at radius 2 is 1.79 bits per heavy atom. The first-order valence-corrected chi connectivity index (χ1v) is 11.0. The number of nitrogens with one attached hydrogen (secondary N) is 2. The maximum atomic E-state index is 12.7. The molecule has 152 valence electrons. The van der Waals surface area contributed by atoms with Gasteiger partial charge in [0.1, 0.15) is 6.04 Å². The van der Waals surface area contributed by atoms with Gasteiger partial charge in [0.15, 0.2) is 0 Å². The van der Waals surface area contributed by atoms with E-state index in [0.29, 0.717) is 31.2 Å². The van der Waals surface area contributed by atoms with Gasteiger partial charge in [0, 0.05) is 24.8 Å². The molecule has 8 heteroatoms. The third-order valence-electron chi connectivity index (χ3n) is 3.99. The van der Waals surface area contributed by atoms with Gasteiger partial charge in [-0.1, -0.05) is 41.9 Å². The van der Waals surface area contributed by atoms with E-state index in [4.69, 9.17) is 16.3 Å². The lowest BCUT2D eigenvalue weighted by Crippen LogP contribution is -2.48. The lowest BCUT2D eigenvalue weighted by atomic mass is 10.1. The highest BCUT2D eigenvalue weighted by Crippen LogP contribution is 2.15. The van der Waals surface area contributed by atoms with Crippen molar-refractivity contribution in [3.8, 4) is 0 Å². The zero-order valence-corrected chi connectivity index (χ0v) is 17.3. The average Bonchev–Trinajstić information content (AvgIpc) is 2.68. The minimum Gasteiger partial charge on any atom is -0.382 e. The number of hydrogen-bond acceptors (Lipinski definition) is 4. The smallest absolute Gasteiger partial charge is 0.241 e. The fourth-order valence-electron chi connectivity index (χ4n) is 2.56. The topological polar surface area (TPSA) is 84.5 Å². The molecule has 6 nitrogen and oxygen atoms in total. The van der Waals surface area contributed by atoms with Crippen molar-refractivity contribution in [1.82, 2.24) is 10.0 Å². The van der Waals surface area contributed by atoms with Crippen LogP contribution in [0.25, 0.3) is 0 Å². The molecule has 2 aromatic carbocycles. The van der Waals surface area contributed by atoms with E-state index >= 15 is 0 Å². The summed E-state index contributed by atoms with van der Waals surface area (Å²) in [6, 6.07) is 14.1. The number of sulfonamides is 1. The van der Waals surface area contributed by atoms with E-state index in [2.05, 4.69) is 10.0 Å². The minimum atomic E-state index is -3.87. The van der Waals surface area contributed by atoms with Gasteiger partial charge in [-0.2, -0.15) is 4.72 Å². The maximum absolute atomic E-state index is 12.7. The van der Waals surface area contributed by atoms with E-state index in [1.165, 1.54) is 24.3 Å². The van der Waals surface area contributed by atoms with Crippen LogP contribution in [0.15, 0.2) is 59.5 Å². The molecule has 1 atom stereocenters. The highest BCUT2D eigenvalue weighted by Gasteiger charge is 2.25. The summed E-state index contributed by atoms with van der Waals surface area (Å²) in [4.78, 5) is 12.7. The average molecular weight is 425 g/mol. The summed E-state index contributed by atoms with van der Waals surface area (Å²) in [5, 5.41) is 3.21. The Hall–Kier alpha value is -1.93. The van der Waals surface area contributed by atoms with Crippen molar-refractivity contribution in [2.45, 2.75) is 30.7 Å². The van der Waals surface area contributed by atoms with Crippen LogP contribution in [-0.4, -0.2) is 40.1 Å². The Morgan fingerprint density at radius 3 is 2.43 bits per heavy atom. The molecule has 0 saturated heterocycles. The summed E-state index contributed by atoms with van der Waals surface area (Å²) in [6.07, 6.45) is 0.895. The number of rotatable bonds is 11. The highest BCUT2D eigenvalue weighted by molar-refractivity contribution is 7.89. The quantitative estimate of drug-likeness (QED) is 0.543. The first-order chi connectivity index (χ1) is 13.4. The van der Waals surface area contributed by atoms with Crippen LogP contribution >= 0.6 is 11.6 Å². The number of hydrogen-bond donors (Lipinski definition) is 2. The van der Waals surface area contributed by atoms with Crippen LogP contribution in [0.2, 0.25) is 5.02 Å². The van der Waals surface area contributed by atoms with E-state index in [1.54, 1.807) is 0 Å². The van der Waals surface area contributed by atoms with Gasteiger partial charge in [-0.05, 0) is 49.6 Å². The van der Waals surface area contributed by atoms with Gasteiger partial charge in [0.2, 0.25) is 15.9 Å². The van der Waals surface area contributed by atoms with Crippen molar-refractivity contribution in [2.75, 3.05) is 19.8 Å². The Morgan fingerprint density at radius 1 is 1.11 bits per heavy atom. The number of carbonyl (C=O) groups excluding carboxylic acids is 1. The van der Waals surface area contributed by atoms with E-state index in [9.17, 15) is 13.2 Å². The number of ether oxygens (including phenoxy) is 1. The summed E-state index contributed by atoms with van der Waals surface area (Å²) in [7, 11) is -3.87. The van der Waals surface area contributed by atoms with Crippen LogP contribution in [0.1, 0.15) is 18.9 Å². The van der Waals surface area contributed by atoms with Gasteiger partial charge < -0.3 is 10.1 Å². The lowest BCUT2D eigenvalue weighted by Gasteiger charge is -2.19. The summed E-state index contributed by atoms with van der Waals surface area (Å²) in [5.74, 6) is -0.377. The normalized spacial score (nSPS) is 12.5. The van der Waals surface area contributed by atoms with Gasteiger partial charge in [0.25, 0.3) is 0 Å². The van der Waals surface area contributed by atoms with Crippen molar-refractivity contribution in [3.63, 3.8) is 0 Å². The van der Waals surface area contributed by atoms with Crippen molar-refractivity contribution in [2.24, 2.45) is 0 Å². The Kier molecular flexibility index (Phi) is 8.92. The molecule has 0 heterocycles. The molecule has 2 aromatic rings. The fourth-order valence-corrected chi connectivity index (χ4v) is 3.88. The van der Waals surface area contributed by atoms with Crippen LogP contribution < -0.4 is 10.0 Å². The Balaban J connectivity index is 2.10. The fraction of sp³-hybridized carbons (Fsp3) is 0.350. The second-order valence-corrected chi connectivity index (χ2v) is 8.31. The van der Waals surface area contributed by atoms with Gasteiger partial charge >= 0.3 is 0 Å². The summed E-state index contributed by atoms with van der Waals surface area (Å²) >= 11 is 5.83. The first kappa shape index (κ1) is 22.4. The van der Waals surface area contributed by atoms with Gasteiger partial charge in [-0.15, -0.1) is 0 Å². The molecule has 1 amide bonds. The third kappa shape index (κ3) is 7.24. The zero-order valence-electron chi connectivity index (χ0n) is 15.7. The van der Waals surface area contributed by atoms with Crippen LogP contribution in [0.5, 0.6) is 0 Å². The number of carbonyl (C=O) groups is 1. The van der Waals surface area contributed by atoms with Crippen LogP contribution in [-0.2, 0) is 26.0 Å². The standard InChI is InChI=1S/C20H25ClN2O4S/c1-2-27-14-6-13-22-20(24)19(15-16-7-4-3-5-8-16)23-28(25,26)18-11-9-17(21)10-12-18/h3-5,7-12,19,23H,2,6,13-15H2,1H3,(H,22,24)/t19-/m0/s1. The van der Waals surface area contributed by atoms with Crippen LogP contribution in [0.3, 0.4) is 0 Å². The van der Waals surface area contributed by atoms with Crippen LogP contribution in [0.4, 0.5) is 0 Å². The molecule has 0 aliphatic heterocycles. The molecule has 0 unspecified atom stereocenters. The number of amides is 1. The molecular weight excluding hydrogens is 400 g/mol. The van der Waals surface area contributed by atoms with Crippen molar-refractivity contribution in [3.05, 3.63) is 65.2 Å². The van der Waals surface area contributed by atoms with Crippen molar-refractivity contribution in [1.29, 1.82) is 0 Å². The minimum absolute atomic E-state index is 0.0547. The molecule has 0 fully saturated rings. The molecule has 0 bridgehead atoms. The van der Waals surface area contributed by atoms with Crippen molar-refractivity contribution >= 4 is 27.5 Å². The lowest BCUT2D eigenvalue weighted by molar-refractivity contribution is -0.122. The van der Waals surface area contributed by atoms with E-state index < -0.39 is 16.1 Å². The molecule has 0 radical (unpaired) electrons. The number of halogens is 1. The largest absolute Gasteiger partial charge is 0.382 e. The molecular formula is C20H25ClN2O4S. The molecule has 28 heavy (non-hydrogen) atoms. The summed E-state index contributed by atoms with van der Waals surface area (Å²) < 4.78 is 33.2. The molecule has 0 aliphatic carbocycles. The number of benzene rings is 2.